The van der Waals surface area contributed by atoms with Gasteiger partial charge in [0.2, 0.25) is 0 Å². The normalized spacial score (nSPS) is 18.1. The molecule has 0 bridgehead atoms. The molecule has 1 fully saturated rings. The van der Waals surface area contributed by atoms with E-state index < -0.39 is 0 Å². The molecule has 0 radical (unpaired) electrons. The second-order valence-corrected chi connectivity index (χ2v) is 4.75. The van der Waals surface area contributed by atoms with E-state index in [4.69, 9.17) is 4.74 Å². The van der Waals surface area contributed by atoms with Crippen molar-refractivity contribution in [3.8, 4) is 0 Å². The Hall–Kier alpha value is -1.84. The standard InChI is InChI=1S/C13H16N2O2/c1-5-10-6-7-11(14-9(10)2)15-12(16)17-8-13(15,3)4/h5-7H,1,8H2,2-4H3. The molecule has 1 amide bonds. The summed E-state index contributed by atoms with van der Waals surface area (Å²) in [6, 6.07) is 3.73. The van der Waals surface area contributed by atoms with E-state index in [-0.39, 0.29) is 11.6 Å². The number of cyclic esters (lactones) is 1. The van der Waals surface area contributed by atoms with Gasteiger partial charge in [0.05, 0.1) is 5.54 Å². The topological polar surface area (TPSA) is 42.4 Å². The van der Waals surface area contributed by atoms with Crippen LogP contribution in [-0.4, -0.2) is 23.2 Å². The molecule has 0 aromatic carbocycles. The number of pyridine rings is 1. The van der Waals surface area contributed by atoms with Crippen LogP contribution in [0, 0.1) is 6.92 Å². The first-order valence-corrected chi connectivity index (χ1v) is 5.53. The van der Waals surface area contributed by atoms with E-state index in [1.54, 1.807) is 11.0 Å². The van der Waals surface area contributed by atoms with E-state index >= 15 is 0 Å². The Labute approximate surface area is 101 Å². The Morgan fingerprint density at radius 3 is 2.71 bits per heavy atom. The van der Waals surface area contributed by atoms with Crippen molar-refractivity contribution in [1.29, 1.82) is 0 Å². The number of rotatable bonds is 2. The van der Waals surface area contributed by atoms with Crippen LogP contribution < -0.4 is 4.90 Å². The molecule has 1 aromatic rings. The van der Waals surface area contributed by atoms with Crippen molar-refractivity contribution in [2.45, 2.75) is 26.3 Å². The molecule has 0 atom stereocenters. The van der Waals surface area contributed by atoms with Crippen LogP contribution in [0.3, 0.4) is 0 Å². The minimum atomic E-state index is -0.355. The molecule has 0 unspecified atom stereocenters. The highest BCUT2D eigenvalue weighted by Gasteiger charge is 2.41. The number of hydrogen-bond donors (Lipinski definition) is 0. The van der Waals surface area contributed by atoms with Crippen LogP contribution in [0.25, 0.3) is 6.08 Å². The Balaban J connectivity index is 2.43. The zero-order valence-corrected chi connectivity index (χ0v) is 10.4. The summed E-state index contributed by atoms with van der Waals surface area (Å²) in [5.74, 6) is 0.626. The van der Waals surface area contributed by atoms with Crippen molar-refractivity contribution in [3.63, 3.8) is 0 Å². The molecule has 0 N–H and O–H groups in total. The van der Waals surface area contributed by atoms with Gasteiger partial charge in [-0.3, -0.25) is 4.90 Å². The van der Waals surface area contributed by atoms with Gasteiger partial charge in [0, 0.05) is 5.69 Å². The monoisotopic (exact) mass is 232 g/mol. The van der Waals surface area contributed by atoms with Gasteiger partial charge in [-0.05, 0) is 38.5 Å². The van der Waals surface area contributed by atoms with E-state index in [1.807, 2.05) is 32.9 Å². The number of amides is 1. The number of aromatic nitrogens is 1. The van der Waals surface area contributed by atoms with Crippen LogP contribution >= 0.6 is 0 Å². The van der Waals surface area contributed by atoms with Crippen molar-refractivity contribution < 1.29 is 9.53 Å². The minimum Gasteiger partial charge on any atom is -0.447 e. The Bertz CT molecular complexity index is 480. The first-order chi connectivity index (χ1) is 7.95. The molecule has 17 heavy (non-hydrogen) atoms. The van der Waals surface area contributed by atoms with Crippen molar-refractivity contribution >= 4 is 18.0 Å². The van der Waals surface area contributed by atoms with E-state index in [9.17, 15) is 4.79 Å². The van der Waals surface area contributed by atoms with Crippen molar-refractivity contribution in [2.24, 2.45) is 0 Å². The average molecular weight is 232 g/mol. The van der Waals surface area contributed by atoms with E-state index in [0.29, 0.717) is 12.4 Å². The summed E-state index contributed by atoms with van der Waals surface area (Å²) in [6.45, 7) is 9.91. The third kappa shape index (κ3) is 1.90. The van der Waals surface area contributed by atoms with E-state index in [1.165, 1.54) is 0 Å². The SMILES string of the molecule is C=Cc1ccc(N2C(=O)OCC2(C)C)nc1C. The number of ether oxygens (including phenoxy) is 1. The molecule has 1 aliphatic rings. The highest BCUT2D eigenvalue weighted by atomic mass is 16.6. The fourth-order valence-electron chi connectivity index (χ4n) is 1.92. The van der Waals surface area contributed by atoms with Gasteiger partial charge in [-0.1, -0.05) is 12.7 Å². The van der Waals surface area contributed by atoms with Crippen LogP contribution in [0.5, 0.6) is 0 Å². The molecule has 0 saturated carbocycles. The summed E-state index contributed by atoms with van der Waals surface area (Å²) in [4.78, 5) is 17.7. The highest BCUT2D eigenvalue weighted by molar-refractivity contribution is 5.90. The van der Waals surface area contributed by atoms with Crippen LogP contribution in [0.15, 0.2) is 18.7 Å². The predicted octanol–water partition coefficient (Wildman–Crippen LogP) is 2.77. The molecule has 1 aliphatic heterocycles. The quantitative estimate of drug-likeness (QED) is 0.787. The molecule has 0 aliphatic carbocycles. The third-order valence-corrected chi connectivity index (χ3v) is 2.90. The number of carbonyl (C=O) groups is 1. The smallest absolute Gasteiger partial charge is 0.416 e. The average Bonchev–Trinajstić information content (AvgIpc) is 2.53. The molecule has 90 valence electrons. The summed E-state index contributed by atoms with van der Waals surface area (Å²) in [7, 11) is 0. The first-order valence-electron chi connectivity index (χ1n) is 5.53. The van der Waals surface area contributed by atoms with Gasteiger partial charge in [0.1, 0.15) is 12.4 Å². The number of aryl methyl sites for hydroxylation is 1. The third-order valence-electron chi connectivity index (χ3n) is 2.90. The highest BCUT2D eigenvalue weighted by Crippen LogP contribution is 2.29. The molecular weight excluding hydrogens is 216 g/mol. The summed E-state index contributed by atoms with van der Waals surface area (Å²) in [6.07, 6.45) is 1.41. The molecule has 1 saturated heterocycles. The second-order valence-electron chi connectivity index (χ2n) is 4.75. The minimum absolute atomic E-state index is 0.340. The van der Waals surface area contributed by atoms with Gasteiger partial charge in [-0.25, -0.2) is 9.78 Å². The lowest BCUT2D eigenvalue weighted by Crippen LogP contribution is -2.42. The summed E-state index contributed by atoms with van der Waals surface area (Å²) in [5.41, 5.74) is 1.47. The van der Waals surface area contributed by atoms with Gasteiger partial charge >= 0.3 is 6.09 Å². The number of hydrogen-bond acceptors (Lipinski definition) is 3. The Kier molecular flexibility index (Phi) is 2.65. The number of nitrogens with zero attached hydrogens (tertiary/aromatic N) is 2. The maximum Gasteiger partial charge on any atom is 0.416 e. The largest absolute Gasteiger partial charge is 0.447 e. The first kappa shape index (κ1) is 11.6. The molecule has 4 heteroatoms. The summed E-state index contributed by atoms with van der Waals surface area (Å²) < 4.78 is 5.06. The van der Waals surface area contributed by atoms with Gasteiger partial charge in [-0.2, -0.15) is 0 Å². The van der Waals surface area contributed by atoms with Crippen LogP contribution in [0.1, 0.15) is 25.1 Å². The zero-order valence-electron chi connectivity index (χ0n) is 10.4. The van der Waals surface area contributed by atoms with Crippen molar-refractivity contribution in [2.75, 3.05) is 11.5 Å². The fourth-order valence-corrected chi connectivity index (χ4v) is 1.92. The van der Waals surface area contributed by atoms with Gasteiger partial charge in [0.15, 0.2) is 0 Å². The van der Waals surface area contributed by atoms with Crippen LogP contribution in [0.4, 0.5) is 10.6 Å². The maximum absolute atomic E-state index is 11.7. The fraction of sp³-hybridized carbons (Fsp3) is 0.385. The Morgan fingerprint density at radius 2 is 2.24 bits per heavy atom. The summed E-state index contributed by atoms with van der Waals surface area (Å²) >= 11 is 0. The maximum atomic E-state index is 11.7. The lowest BCUT2D eigenvalue weighted by atomic mass is 10.1. The lowest BCUT2D eigenvalue weighted by molar-refractivity contribution is 0.175. The molecule has 1 aromatic heterocycles. The molecule has 2 heterocycles. The molecule has 4 nitrogen and oxygen atoms in total. The molecule has 2 rings (SSSR count). The van der Waals surface area contributed by atoms with Crippen LogP contribution in [0.2, 0.25) is 0 Å². The van der Waals surface area contributed by atoms with Crippen molar-refractivity contribution in [3.05, 3.63) is 30.0 Å². The predicted molar refractivity (Wildman–Crippen MR) is 67.0 cm³/mol. The van der Waals surface area contributed by atoms with Gasteiger partial charge in [-0.15, -0.1) is 0 Å². The summed E-state index contributed by atoms with van der Waals surface area (Å²) in [5, 5.41) is 0. The lowest BCUT2D eigenvalue weighted by Gasteiger charge is -2.27. The van der Waals surface area contributed by atoms with Gasteiger partial charge in [0.25, 0.3) is 0 Å². The van der Waals surface area contributed by atoms with E-state index in [0.717, 1.165) is 11.3 Å². The molecular formula is C13H16N2O2. The van der Waals surface area contributed by atoms with Crippen LogP contribution in [-0.2, 0) is 4.74 Å². The Morgan fingerprint density at radius 1 is 1.53 bits per heavy atom. The zero-order chi connectivity index (χ0) is 12.6. The van der Waals surface area contributed by atoms with E-state index in [2.05, 4.69) is 11.6 Å². The second kappa shape index (κ2) is 3.87. The number of anilines is 1. The van der Waals surface area contributed by atoms with Gasteiger partial charge < -0.3 is 4.74 Å². The van der Waals surface area contributed by atoms with Crippen molar-refractivity contribution in [1.82, 2.24) is 4.98 Å². The number of carbonyl (C=O) groups excluding carboxylic acids is 1. The molecule has 0 spiro atoms.